The molecule has 0 fully saturated rings. The van der Waals surface area contributed by atoms with Crippen LogP contribution in [-0.4, -0.2) is 27.0 Å². The molecule has 4 heteroatoms. The minimum Gasteiger partial charge on any atom is -0.497 e. The largest absolute Gasteiger partial charge is 0.497 e. The second-order valence-corrected chi connectivity index (χ2v) is 10.2. The standard InChI is InChI=1S/C33H31NO3/c1-32(2)29-8-6-7-9-30(29)34(3)33(32)19-18-24-20-25(22-10-14-26(35-4)15-11-22)21-28(31(24)37-33)23-12-16-27(36-5)17-13-23/h6-21H,1-5H3. The number of anilines is 1. The molecule has 0 amide bonds. The highest BCUT2D eigenvalue weighted by molar-refractivity contribution is 5.85. The second-order valence-electron chi connectivity index (χ2n) is 10.2. The van der Waals surface area contributed by atoms with E-state index in [4.69, 9.17) is 14.2 Å². The number of benzene rings is 4. The highest BCUT2D eigenvalue weighted by Crippen LogP contribution is 2.55. The number of nitrogens with zero attached hydrogens (tertiary/aromatic N) is 1. The van der Waals surface area contributed by atoms with Crippen LogP contribution < -0.4 is 19.1 Å². The SMILES string of the molecule is COc1ccc(-c2cc3c(c(-c4ccc(OC)cc4)c2)OC2(C=C3)N(C)c3ccccc3C2(C)C)cc1. The van der Waals surface area contributed by atoms with Crippen molar-refractivity contribution in [2.24, 2.45) is 0 Å². The Morgan fingerprint density at radius 2 is 1.35 bits per heavy atom. The molecule has 0 saturated carbocycles. The van der Waals surface area contributed by atoms with E-state index in [1.54, 1.807) is 14.2 Å². The fourth-order valence-corrected chi connectivity index (χ4v) is 5.82. The van der Waals surface area contributed by atoms with Gasteiger partial charge in [-0.15, -0.1) is 0 Å². The van der Waals surface area contributed by atoms with Crippen LogP contribution in [0.25, 0.3) is 28.3 Å². The lowest BCUT2D eigenvalue weighted by molar-refractivity contribution is 0.0588. The summed E-state index contributed by atoms with van der Waals surface area (Å²) < 4.78 is 17.9. The van der Waals surface area contributed by atoms with Gasteiger partial charge in [0.25, 0.3) is 0 Å². The van der Waals surface area contributed by atoms with Crippen molar-refractivity contribution in [3.8, 4) is 39.5 Å². The molecular weight excluding hydrogens is 458 g/mol. The van der Waals surface area contributed by atoms with Gasteiger partial charge in [0.2, 0.25) is 5.72 Å². The smallest absolute Gasteiger partial charge is 0.211 e. The highest BCUT2D eigenvalue weighted by Gasteiger charge is 2.57. The van der Waals surface area contributed by atoms with Crippen LogP contribution in [0.2, 0.25) is 0 Å². The molecule has 4 aromatic carbocycles. The molecule has 0 N–H and O–H groups in total. The first-order valence-corrected chi connectivity index (χ1v) is 12.6. The summed E-state index contributed by atoms with van der Waals surface area (Å²) in [6, 6.07) is 29.4. The Kier molecular flexibility index (Phi) is 5.30. The van der Waals surface area contributed by atoms with Gasteiger partial charge in [-0.3, -0.25) is 0 Å². The van der Waals surface area contributed by atoms with Gasteiger partial charge < -0.3 is 19.1 Å². The molecule has 37 heavy (non-hydrogen) atoms. The minimum absolute atomic E-state index is 0.266. The predicted octanol–water partition coefficient (Wildman–Crippen LogP) is 7.57. The Hall–Kier alpha value is -4.18. The molecule has 0 aliphatic carbocycles. The van der Waals surface area contributed by atoms with Crippen molar-refractivity contribution in [2.45, 2.75) is 25.0 Å². The number of rotatable bonds is 4. The minimum atomic E-state index is -0.646. The fourth-order valence-electron chi connectivity index (χ4n) is 5.82. The topological polar surface area (TPSA) is 30.9 Å². The van der Waals surface area contributed by atoms with Gasteiger partial charge in [-0.2, -0.15) is 0 Å². The first-order chi connectivity index (χ1) is 17.9. The average molecular weight is 490 g/mol. The second kappa shape index (κ2) is 8.45. The van der Waals surface area contributed by atoms with Crippen molar-refractivity contribution in [1.82, 2.24) is 0 Å². The van der Waals surface area contributed by atoms with Crippen LogP contribution in [0.4, 0.5) is 5.69 Å². The van der Waals surface area contributed by atoms with Gasteiger partial charge in [-0.1, -0.05) is 42.5 Å². The maximum Gasteiger partial charge on any atom is 0.211 e. The molecule has 1 unspecified atom stereocenters. The van der Waals surface area contributed by atoms with Crippen LogP contribution in [0.1, 0.15) is 25.0 Å². The molecule has 2 aliphatic heterocycles. The van der Waals surface area contributed by atoms with Crippen molar-refractivity contribution in [3.05, 3.63) is 102 Å². The summed E-state index contributed by atoms with van der Waals surface area (Å²) in [4.78, 5) is 2.27. The number of fused-ring (bicyclic) bond motifs is 2. The Balaban J connectivity index is 1.53. The molecule has 0 radical (unpaired) electrons. The first-order valence-electron chi connectivity index (χ1n) is 12.6. The number of ether oxygens (including phenoxy) is 3. The molecule has 6 rings (SSSR count). The van der Waals surface area contributed by atoms with Crippen LogP contribution in [0.15, 0.2) is 91.0 Å². The number of hydrogen-bond donors (Lipinski definition) is 0. The zero-order valence-electron chi connectivity index (χ0n) is 21.9. The zero-order valence-corrected chi connectivity index (χ0v) is 21.9. The van der Waals surface area contributed by atoms with E-state index in [9.17, 15) is 0 Å². The average Bonchev–Trinajstić information content (AvgIpc) is 3.10. The lowest BCUT2D eigenvalue weighted by atomic mass is 9.76. The molecule has 1 spiro atoms. The van der Waals surface area contributed by atoms with Crippen LogP contribution in [0.3, 0.4) is 0 Å². The van der Waals surface area contributed by atoms with E-state index in [2.05, 4.69) is 98.6 Å². The number of methoxy groups -OCH3 is 2. The highest BCUT2D eigenvalue weighted by atomic mass is 16.5. The zero-order chi connectivity index (χ0) is 25.8. The number of para-hydroxylation sites is 1. The van der Waals surface area contributed by atoms with Crippen molar-refractivity contribution in [1.29, 1.82) is 0 Å². The van der Waals surface area contributed by atoms with Crippen LogP contribution in [-0.2, 0) is 5.41 Å². The van der Waals surface area contributed by atoms with Gasteiger partial charge in [-0.25, -0.2) is 0 Å². The van der Waals surface area contributed by atoms with Gasteiger partial charge in [0, 0.05) is 23.9 Å². The van der Waals surface area contributed by atoms with Gasteiger partial charge in [0.05, 0.1) is 19.6 Å². The van der Waals surface area contributed by atoms with Gasteiger partial charge in [0.15, 0.2) is 0 Å². The maximum atomic E-state index is 7.15. The van der Waals surface area contributed by atoms with Crippen LogP contribution in [0, 0.1) is 0 Å². The van der Waals surface area contributed by atoms with Gasteiger partial charge in [0.1, 0.15) is 17.2 Å². The van der Waals surface area contributed by atoms with Crippen molar-refractivity contribution in [3.63, 3.8) is 0 Å². The summed E-state index contributed by atoms with van der Waals surface area (Å²) in [6.07, 6.45) is 4.45. The normalized spacial score (nSPS) is 18.8. The fraction of sp³-hybridized carbons (Fsp3) is 0.212. The Bertz CT molecular complexity index is 1500. The van der Waals surface area contributed by atoms with Crippen LogP contribution in [0.5, 0.6) is 17.2 Å². The van der Waals surface area contributed by atoms with E-state index in [0.29, 0.717) is 0 Å². The Morgan fingerprint density at radius 1 is 0.730 bits per heavy atom. The molecule has 4 aromatic rings. The lowest BCUT2D eigenvalue weighted by Crippen LogP contribution is -2.58. The lowest BCUT2D eigenvalue weighted by Gasteiger charge is -2.46. The third kappa shape index (κ3) is 3.43. The molecule has 0 aromatic heterocycles. The first kappa shape index (κ1) is 23.2. The molecule has 2 aliphatic rings. The van der Waals surface area contributed by atoms with E-state index >= 15 is 0 Å². The third-order valence-corrected chi connectivity index (χ3v) is 8.02. The summed E-state index contributed by atoms with van der Waals surface area (Å²) in [7, 11) is 5.50. The van der Waals surface area contributed by atoms with E-state index in [-0.39, 0.29) is 5.41 Å². The van der Waals surface area contributed by atoms with Gasteiger partial charge >= 0.3 is 0 Å². The van der Waals surface area contributed by atoms with Crippen molar-refractivity contribution in [2.75, 3.05) is 26.2 Å². The summed E-state index contributed by atoms with van der Waals surface area (Å²) in [6.45, 7) is 4.53. The summed E-state index contributed by atoms with van der Waals surface area (Å²) in [5, 5.41) is 0. The van der Waals surface area contributed by atoms with E-state index in [1.165, 1.54) is 11.3 Å². The molecule has 1 atom stereocenters. The van der Waals surface area contributed by atoms with Crippen LogP contribution >= 0.6 is 0 Å². The quantitative estimate of drug-likeness (QED) is 0.296. The molecule has 186 valence electrons. The number of hydrogen-bond acceptors (Lipinski definition) is 4. The molecule has 0 bridgehead atoms. The van der Waals surface area contributed by atoms with Gasteiger partial charge in [-0.05, 0) is 90.7 Å². The molecule has 2 heterocycles. The molecular formula is C33H31NO3. The molecule has 0 saturated heterocycles. The van der Waals surface area contributed by atoms with Crippen molar-refractivity contribution < 1.29 is 14.2 Å². The van der Waals surface area contributed by atoms with E-state index < -0.39 is 5.72 Å². The third-order valence-electron chi connectivity index (χ3n) is 8.02. The van der Waals surface area contributed by atoms with Crippen molar-refractivity contribution >= 4 is 11.8 Å². The molecule has 4 nitrogen and oxygen atoms in total. The number of likely N-dealkylation sites (N-methyl/N-ethyl adjacent to an activating group) is 1. The summed E-state index contributed by atoms with van der Waals surface area (Å²) in [5.41, 5.74) is 7.00. The summed E-state index contributed by atoms with van der Waals surface area (Å²) >= 11 is 0. The van der Waals surface area contributed by atoms with E-state index in [0.717, 1.165) is 45.1 Å². The predicted molar refractivity (Wildman–Crippen MR) is 151 cm³/mol. The maximum absolute atomic E-state index is 7.15. The van der Waals surface area contributed by atoms with E-state index in [1.807, 2.05) is 24.3 Å². The summed E-state index contributed by atoms with van der Waals surface area (Å²) in [5.74, 6) is 2.55. The Labute approximate surface area is 218 Å². The Morgan fingerprint density at radius 3 is 1.97 bits per heavy atom. The monoisotopic (exact) mass is 489 g/mol.